The number of rotatable bonds is 6. The van der Waals surface area contributed by atoms with Crippen LogP contribution in [-0.4, -0.2) is 26.0 Å². The third-order valence-corrected chi connectivity index (χ3v) is 4.51. The molecule has 0 saturated heterocycles. The van der Waals surface area contributed by atoms with Crippen LogP contribution in [0.3, 0.4) is 0 Å². The molecule has 0 aliphatic heterocycles. The molecule has 7 nitrogen and oxygen atoms in total. The lowest BCUT2D eigenvalue weighted by Gasteiger charge is -2.14. The van der Waals surface area contributed by atoms with Crippen molar-refractivity contribution in [2.75, 3.05) is 24.9 Å². The van der Waals surface area contributed by atoms with Crippen molar-refractivity contribution < 1.29 is 23.5 Å². The monoisotopic (exact) mass is 414 g/mol. The van der Waals surface area contributed by atoms with Gasteiger partial charge in [-0.2, -0.15) is 0 Å². The zero-order chi connectivity index (χ0) is 21.0. The number of aryl methyl sites for hydroxylation is 1. The van der Waals surface area contributed by atoms with Gasteiger partial charge in [0.1, 0.15) is 11.5 Å². The Balaban J connectivity index is 1.84. The van der Waals surface area contributed by atoms with Crippen LogP contribution in [0.4, 0.5) is 11.4 Å². The second kappa shape index (κ2) is 8.70. The van der Waals surface area contributed by atoms with Crippen LogP contribution in [-0.2, 0) is 0 Å². The predicted molar refractivity (Wildman–Crippen MR) is 110 cm³/mol. The fourth-order valence-corrected chi connectivity index (χ4v) is 2.87. The molecular formula is C21H19ClN2O5. The molecule has 1 heterocycles. The molecule has 0 spiro atoms. The molecule has 0 unspecified atom stereocenters. The first-order chi connectivity index (χ1) is 13.9. The predicted octanol–water partition coefficient (Wildman–Crippen LogP) is 4.76. The topological polar surface area (TPSA) is 89.8 Å². The maximum absolute atomic E-state index is 12.8. The number of hydrogen-bond donors (Lipinski definition) is 2. The van der Waals surface area contributed by atoms with Crippen LogP contribution in [0.15, 0.2) is 53.1 Å². The summed E-state index contributed by atoms with van der Waals surface area (Å²) in [5.41, 5.74) is 2.05. The van der Waals surface area contributed by atoms with Crippen LogP contribution in [0.5, 0.6) is 11.5 Å². The van der Waals surface area contributed by atoms with Crippen LogP contribution in [0, 0.1) is 6.92 Å². The summed E-state index contributed by atoms with van der Waals surface area (Å²) in [6.07, 6.45) is 1.42. The first-order valence-corrected chi connectivity index (χ1v) is 8.99. The third kappa shape index (κ3) is 4.52. The van der Waals surface area contributed by atoms with Crippen molar-refractivity contribution in [3.8, 4) is 11.5 Å². The highest BCUT2D eigenvalue weighted by Gasteiger charge is 2.16. The SMILES string of the molecule is COc1cc(NC(=O)c2ccc(C)c(NC(=O)c3ccco3)c2)c(OC)cc1Cl. The minimum atomic E-state index is -0.403. The van der Waals surface area contributed by atoms with Gasteiger partial charge in [0.15, 0.2) is 5.76 Å². The Kier molecular flexibility index (Phi) is 6.09. The van der Waals surface area contributed by atoms with Crippen molar-refractivity contribution in [1.29, 1.82) is 0 Å². The Morgan fingerprint density at radius 1 is 0.931 bits per heavy atom. The van der Waals surface area contributed by atoms with Crippen LogP contribution in [0.2, 0.25) is 5.02 Å². The number of carbonyl (C=O) groups is 2. The normalized spacial score (nSPS) is 10.3. The highest BCUT2D eigenvalue weighted by atomic mass is 35.5. The lowest BCUT2D eigenvalue weighted by atomic mass is 10.1. The summed E-state index contributed by atoms with van der Waals surface area (Å²) in [6.45, 7) is 1.83. The number of halogens is 1. The average molecular weight is 415 g/mol. The zero-order valence-electron chi connectivity index (χ0n) is 16.0. The summed E-state index contributed by atoms with van der Waals surface area (Å²) in [5.74, 6) is 0.180. The Labute approximate surface area is 172 Å². The molecule has 2 amide bonds. The van der Waals surface area contributed by atoms with E-state index in [1.807, 2.05) is 6.92 Å². The van der Waals surface area contributed by atoms with Gasteiger partial charge >= 0.3 is 0 Å². The first kappa shape index (κ1) is 20.3. The van der Waals surface area contributed by atoms with Crippen LogP contribution in [0.1, 0.15) is 26.5 Å². The molecule has 29 heavy (non-hydrogen) atoms. The molecule has 0 saturated carbocycles. The van der Waals surface area contributed by atoms with E-state index in [-0.39, 0.29) is 11.7 Å². The van der Waals surface area contributed by atoms with Crippen LogP contribution >= 0.6 is 11.6 Å². The molecule has 150 valence electrons. The Bertz CT molecular complexity index is 1050. The fraction of sp³-hybridized carbons (Fsp3) is 0.143. The summed E-state index contributed by atoms with van der Waals surface area (Å²) >= 11 is 6.10. The quantitative estimate of drug-likeness (QED) is 0.606. The summed E-state index contributed by atoms with van der Waals surface area (Å²) in [5, 5.41) is 5.88. The minimum Gasteiger partial charge on any atom is -0.495 e. The van der Waals surface area contributed by atoms with Gasteiger partial charge in [-0.25, -0.2) is 0 Å². The number of carbonyl (C=O) groups excluding carboxylic acids is 2. The molecule has 0 aliphatic carbocycles. The number of furan rings is 1. The van der Waals surface area contributed by atoms with E-state index in [0.29, 0.717) is 33.5 Å². The van der Waals surface area contributed by atoms with Crippen molar-refractivity contribution in [1.82, 2.24) is 0 Å². The second-order valence-corrected chi connectivity index (χ2v) is 6.51. The highest BCUT2D eigenvalue weighted by Crippen LogP contribution is 2.36. The summed E-state index contributed by atoms with van der Waals surface area (Å²) < 4.78 is 15.6. The molecule has 0 bridgehead atoms. The number of ether oxygens (including phenoxy) is 2. The van der Waals surface area contributed by atoms with E-state index in [2.05, 4.69) is 10.6 Å². The van der Waals surface area contributed by atoms with Gasteiger partial charge in [0.25, 0.3) is 11.8 Å². The minimum absolute atomic E-state index is 0.178. The van der Waals surface area contributed by atoms with Crippen molar-refractivity contribution in [2.45, 2.75) is 6.92 Å². The van der Waals surface area contributed by atoms with Gasteiger partial charge in [-0.1, -0.05) is 17.7 Å². The Morgan fingerprint density at radius 2 is 1.66 bits per heavy atom. The van der Waals surface area contributed by atoms with E-state index >= 15 is 0 Å². The lowest BCUT2D eigenvalue weighted by Crippen LogP contribution is -2.15. The Morgan fingerprint density at radius 3 is 2.31 bits per heavy atom. The first-order valence-electron chi connectivity index (χ1n) is 8.61. The Hall–Kier alpha value is -3.45. The molecule has 0 aliphatic rings. The van der Waals surface area contributed by atoms with Gasteiger partial charge in [-0.3, -0.25) is 9.59 Å². The standard InChI is InChI=1S/C21H19ClN2O5/c1-12-6-7-13(9-15(12)23-21(26)17-5-4-8-29-17)20(25)24-16-11-18(27-2)14(22)10-19(16)28-3/h4-11H,1-3H3,(H,23,26)(H,24,25). The lowest BCUT2D eigenvalue weighted by molar-refractivity contribution is 0.0993. The maximum atomic E-state index is 12.8. The molecule has 2 N–H and O–H groups in total. The second-order valence-electron chi connectivity index (χ2n) is 6.10. The molecule has 1 aromatic heterocycles. The highest BCUT2D eigenvalue weighted by molar-refractivity contribution is 6.32. The number of anilines is 2. The number of hydrogen-bond acceptors (Lipinski definition) is 5. The summed E-state index contributed by atoms with van der Waals surface area (Å²) in [7, 11) is 2.95. The van der Waals surface area contributed by atoms with E-state index in [9.17, 15) is 9.59 Å². The smallest absolute Gasteiger partial charge is 0.291 e. The van der Waals surface area contributed by atoms with Gasteiger partial charge in [0, 0.05) is 23.4 Å². The van der Waals surface area contributed by atoms with E-state index < -0.39 is 5.91 Å². The van der Waals surface area contributed by atoms with Crippen molar-refractivity contribution in [3.05, 3.63) is 70.6 Å². The van der Waals surface area contributed by atoms with Gasteiger partial charge in [-0.15, -0.1) is 0 Å². The third-order valence-electron chi connectivity index (χ3n) is 4.22. The van der Waals surface area contributed by atoms with E-state index in [1.165, 1.54) is 20.5 Å². The maximum Gasteiger partial charge on any atom is 0.291 e. The molecule has 8 heteroatoms. The number of methoxy groups -OCH3 is 2. The molecule has 0 radical (unpaired) electrons. The molecular weight excluding hydrogens is 396 g/mol. The van der Waals surface area contributed by atoms with Gasteiger partial charge in [-0.05, 0) is 36.8 Å². The molecule has 2 aromatic carbocycles. The van der Waals surface area contributed by atoms with Crippen molar-refractivity contribution >= 4 is 34.8 Å². The largest absolute Gasteiger partial charge is 0.495 e. The molecule has 0 fully saturated rings. The number of nitrogens with one attached hydrogen (secondary N) is 2. The van der Waals surface area contributed by atoms with Gasteiger partial charge in [0.2, 0.25) is 0 Å². The molecule has 0 atom stereocenters. The number of benzene rings is 2. The van der Waals surface area contributed by atoms with Gasteiger partial charge in [0.05, 0.1) is 31.2 Å². The van der Waals surface area contributed by atoms with Crippen LogP contribution in [0.25, 0.3) is 0 Å². The van der Waals surface area contributed by atoms with Crippen molar-refractivity contribution in [3.63, 3.8) is 0 Å². The van der Waals surface area contributed by atoms with Crippen molar-refractivity contribution in [2.24, 2.45) is 0 Å². The number of amides is 2. The fourth-order valence-electron chi connectivity index (χ4n) is 2.64. The van der Waals surface area contributed by atoms with E-state index in [1.54, 1.807) is 42.5 Å². The van der Waals surface area contributed by atoms with Gasteiger partial charge < -0.3 is 24.5 Å². The van der Waals surface area contributed by atoms with E-state index in [4.69, 9.17) is 25.5 Å². The molecule has 3 aromatic rings. The van der Waals surface area contributed by atoms with E-state index in [0.717, 1.165) is 5.56 Å². The van der Waals surface area contributed by atoms with Crippen LogP contribution < -0.4 is 20.1 Å². The summed E-state index contributed by atoms with van der Waals surface area (Å²) in [4.78, 5) is 25.0. The molecule has 3 rings (SSSR count). The summed E-state index contributed by atoms with van der Waals surface area (Å²) in [6, 6.07) is 11.3. The average Bonchev–Trinajstić information content (AvgIpc) is 3.25. The zero-order valence-corrected chi connectivity index (χ0v) is 16.8.